The summed E-state index contributed by atoms with van der Waals surface area (Å²) in [4.78, 5) is 4.67. The largest absolute Gasteiger partial charge is 0.382 e. The van der Waals surface area contributed by atoms with Gasteiger partial charge in [0.2, 0.25) is 0 Å². The van der Waals surface area contributed by atoms with E-state index < -0.39 is 10.1 Å². The fourth-order valence-electron chi connectivity index (χ4n) is 5.33. The minimum Gasteiger partial charge on any atom is -0.382 e. The van der Waals surface area contributed by atoms with E-state index in [9.17, 15) is 8.42 Å². The highest BCUT2D eigenvalue weighted by Crippen LogP contribution is 2.41. The molecule has 0 spiro atoms. The van der Waals surface area contributed by atoms with E-state index in [0.717, 1.165) is 55.8 Å². The second-order valence-corrected chi connectivity index (χ2v) is 11.1. The summed E-state index contributed by atoms with van der Waals surface area (Å²) < 4.78 is 30.9. The van der Waals surface area contributed by atoms with Gasteiger partial charge in [-0.25, -0.2) is 0 Å². The molecule has 0 aliphatic carbocycles. The molecule has 1 aromatic heterocycles. The van der Waals surface area contributed by atoms with E-state index in [1.807, 2.05) is 23.9 Å². The number of aryl methyl sites for hydroxylation is 4. The summed E-state index contributed by atoms with van der Waals surface area (Å²) in [5, 5.41) is 5.01. The Kier molecular flexibility index (Phi) is 7.12. The molecule has 0 saturated carbocycles. The predicted octanol–water partition coefficient (Wildman–Crippen LogP) is 5.18. The standard InChI is InChI=1S/C27H36N4O3S/c1-7-14-30(18-22-11-8-9-13-24(22)34-35(6,32)33)27-23-12-10-15-31(26(23)28-29(27)5)25-20(3)16-19(2)17-21(25)4/h8-9,11,13,16-17H,7,10,12,14-15,18H2,1-6H3. The van der Waals surface area contributed by atoms with Crippen molar-refractivity contribution < 1.29 is 12.6 Å². The van der Waals surface area contributed by atoms with Crippen LogP contribution in [0.15, 0.2) is 36.4 Å². The molecule has 2 aromatic carbocycles. The van der Waals surface area contributed by atoms with Crippen molar-refractivity contribution in [2.75, 3.05) is 29.1 Å². The van der Waals surface area contributed by atoms with E-state index in [4.69, 9.17) is 9.28 Å². The molecule has 8 heteroatoms. The van der Waals surface area contributed by atoms with Crippen molar-refractivity contribution >= 4 is 27.4 Å². The first kappa shape index (κ1) is 25.1. The first-order chi connectivity index (χ1) is 16.6. The summed E-state index contributed by atoms with van der Waals surface area (Å²) in [6.45, 7) is 10.9. The molecule has 0 unspecified atom stereocenters. The van der Waals surface area contributed by atoms with Crippen LogP contribution in [0.5, 0.6) is 5.75 Å². The normalized spacial score (nSPS) is 13.6. The summed E-state index contributed by atoms with van der Waals surface area (Å²) in [7, 11) is -1.61. The zero-order chi connectivity index (χ0) is 25.3. The number of benzene rings is 2. The number of nitrogens with zero attached hydrogens (tertiary/aromatic N) is 4. The Hall–Kier alpha value is -3.00. The van der Waals surface area contributed by atoms with Crippen molar-refractivity contribution in [1.29, 1.82) is 0 Å². The van der Waals surface area contributed by atoms with Gasteiger partial charge in [0.05, 0.1) is 6.26 Å². The summed E-state index contributed by atoms with van der Waals surface area (Å²) in [5.74, 6) is 2.48. The number of aromatic nitrogens is 2. The van der Waals surface area contributed by atoms with Crippen LogP contribution in [-0.2, 0) is 30.1 Å². The topological polar surface area (TPSA) is 67.7 Å². The van der Waals surface area contributed by atoms with Gasteiger partial charge in [-0.15, -0.1) is 0 Å². The maximum absolute atomic E-state index is 11.8. The molecule has 0 fully saturated rings. The summed E-state index contributed by atoms with van der Waals surface area (Å²) in [6, 6.07) is 11.8. The predicted molar refractivity (Wildman–Crippen MR) is 142 cm³/mol. The number of hydrogen-bond donors (Lipinski definition) is 0. The molecule has 0 N–H and O–H groups in total. The van der Waals surface area contributed by atoms with Crippen LogP contribution in [0.4, 0.5) is 17.3 Å². The fraction of sp³-hybridized carbons (Fsp3) is 0.444. The van der Waals surface area contributed by atoms with Crippen molar-refractivity contribution in [1.82, 2.24) is 9.78 Å². The maximum atomic E-state index is 11.8. The lowest BCUT2D eigenvalue weighted by Gasteiger charge is -2.32. The Morgan fingerprint density at radius 3 is 2.46 bits per heavy atom. The van der Waals surface area contributed by atoms with Gasteiger partial charge in [-0.1, -0.05) is 42.8 Å². The van der Waals surface area contributed by atoms with Crippen LogP contribution >= 0.6 is 0 Å². The molecule has 1 aliphatic heterocycles. The number of para-hydroxylation sites is 1. The zero-order valence-electron chi connectivity index (χ0n) is 21.6. The van der Waals surface area contributed by atoms with E-state index in [-0.39, 0.29) is 0 Å². The van der Waals surface area contributed by atoms with Gasteiger partial charge in [-0.05, 0) is 57.2 Å². The van der Waals surface area contributed by atoms with Gasteiger partial charge in [0.25, 0.3) is 0 Å². The third kappa shape index (κ3) is 5.32. The Morgan fingerprint density at radius 1 is 1.11 bits per heavy atom. The van der Waals surface area contributed by atoms with Crippen molar-refractivity contribution in [2.24, 2.45) is 7.05 Å². The second kappa shape index (κ2) is 9.93. The lowest BCUT2D eigenvalue weighted by Crippen LogP contribution is -2.29. The van der Waals surface area contributed by atoms with Crippen LogP contribution in [-0.4, -0.2) is 37.5 Å². The molecule has 35 heavy (non-hydrogen) atoms. The first-order valence-electron chi connectivity index (χ1n) is 12.2. The van der Waals surface area contributed by atoms with Crippen molar-refractivity contribution in [2.45, 2.75) is 53.5 Å². The van der Waals surface area contributed by atoms with E-state index in [2.05, 4.69) is 49.6 Å². The van der Waals surface area contributed by atoms with Crippen LogP contribution in [0, 0.1) is 20.8 Å². The van der Waals surface area contributed by atoms with E-state index >= 15 is 0 Å². The van der Waals surface area contributed by atoms with Crippen LogP contribution in [0.2, 0.25) is 0 Å². The van der Waals surface area contributed by atoms with Crippen molar-refractivity contribution in [3.63, 3.8) is 0 Å². The molecule has 0 saturated heterocycles. The fourth-order valence-corrected chi connectivity index (χ4v) is 5.82. The lowest BCUT2D eigenvalue weighted by molar-refractivity contribution is 0.489. The van der Waals surface area contributed by atoms with Gasteiger partial charge in [0.1, 0.15) is 11.6 Å². The zero-order valence-corrected chi connectivity index (χ0v) is 22.4. The van der Waals surface area contributed by atoms with Gasteiger partial charge in [0, 0.05) is 43.5 Å². The SMILES string of the molecule is CCCN(Cc1ccccc1OS(C)(=O)=O)c1c2c(nn1C)N(c1c(C)cc(C)cc1C)CCC2. The number of anilines is 3. The summed E-state index contributed by atoms with van der Waals surface area (Å²) >= 11 is 0. The van der Waals surface area contributed by atoms with Gasteiger partial charge < -0.3 is 14.0 Å². The van der Waals surface area contributed by atoms with Crippen molar-refractivity contribution in [3.8, 4) is 5.75 Å². The maximum Gasteiger partial charge on any atom is 0.306 e. The monoisotopic (exact) mass is 496 g/mol. The highest BCUT2D eigenvalue weighted by molar-refractivity contribution is 7.86. The highest BCUT2D eigenvalue weighted by Gasteiger charge is 2.30. The Labute approximate surface area is 209 Å². The van der Waals surface area contributed by atoms with Gasteiger partial charge >= 0.3 is 10.1 Å². The molecule has 7 nitrogen and oxygen atoms in total. The first-order valence-corrected chi connectivity index (χ1v) is 14.0. The van der Waals surface area contributed by atoms with Crippen LogP contribution in [0.1, 0.15) is 47.6 Å². The minimum atomic E-state index is -3.62. The highest BCUT2D eigenvalue weighted by atomic mass is 32.2. The molecule has 0 bridgehead atoms. The third-order valence-corrected chi connectivity index (χ3v) is 6.91. The lowest BCUT2D eigenvalue weighted by atomic mass is 10.00. The smallest absolute Gasteiger partial charge is 0.306 e. The summed E-state index contributed by atoms with van der Waals surface area (Å²) in [6.07, 6.45) is 4.04. The van der Waals surface area contributed by atoms with Gasteiger partial charge in [-0.3, -0.25) is 4.68 Å². The average molecular weight is 497 g/mol. The van der Waals surface area contributed by atoms with Crippen LogP contribution in [0.3, 0.4) is 0 Å². The van der Waals surface area contributed by atoms with Gasteiger partial charge in [-0.2, -0.15) is 13.5 Å². The third-order valence-electron chi connectivity index (χ3n) is 6.43. The molecule has 0 radical (unpaired) electrons. The van der Waals surface area contributed by atoms with E-state index in [0.29, 0.717) is 12.3 Å². The van der Waals surface area contributed by atoms with Crippen LogP contribution < -0.4 is 14.0 Å². The minimum absolute atomic E-state index is 0.375. The average Bonchev–Trinajstić information content (AvgIpc) is 3.09. The number of fused-ring (bicyclic) bond motifs is 1. The molecule has 1 aliphatic rings. The summed E-state index contributed by atoms with van der Waals surface area (Å²) in [5.41, 5.74) is 7.12. The molecule has 4 rings (SSSR count). The molecular weight excluding hydrogens is 460 g/mol. The van der Waals surface area contributed by atoms with E-state index in [1.54, 1.807) is 12.1 Å². The molecule has 0 atom stereocenters. The number of hydrogen-bond acceptors (Lipinski definition) is 6. The molecule has 3 aromatic rings. The molecule has 0 amide bonds. The molecular formula is C27H36N4O3S. The second-order valence-electron chi connectivity index (χ2n) is 9.57. The van der Waals surface area contributed by atoms with E-state index in [1.165, 1.54) is 27.9 Å². The van der Waals surface area contributed by atoms with Gasteiger partial charge in [0.15, 0.2) is 5.82 Å². The Bertz CT molecular complexity index is 1310. The number of rotatable bonds is 8. The Balaban J connectivity index is 1.76. The van der Waals surface area contributed by atoms with Crippen molar-refractivity contribution in [3.05, 3.63) is 64.2 Å². The van der Waals surface area contributed by atoms with Crippen LogP contribution in [0.25, 0.3) is 0 Å². The quantitative estimate of drug-likeness (QED) is 0.400. The molecule has 188 valence electrons. The Morgan fingerprint density at radius 2 is 1.80 bits per heavy atom. The molecule has 2 heterocycles.